The summed E-state index contributed by atoms with van der Waals surface area (Å²) in [6.07, 6.45) is 3.33. The van der Waals surface area contributed by atoms with Gasteiger partial charge in [0.15, 0.2) is 0 Å². The molecule has 0 amide bonds. The van der Waals surface area contributed by atoms with Crippen molar-refractivity contribution < 1.29 is 9.26 Å². The van der Waals surface area contributed by atoms with Gasteiger partial charge >= 0.3 is 0 Å². The molecule has 18 heavy (non-hydrogen) atoms. The maximum absolute atomic E-state index is 5.40. The van der Waals surface area contributed by atoms with Crippen LogP contribution in [0.4, 0.5) is 0 Å². The van der Waals surface area contributed by atoms with Crippen LogP contribution in [-0.2, 0) is 11.2 Å². The molecule has 102 valence electrons. The second-order valence-electron chi connectivity index (χ2n) is 5.38. The standard InChI is InChI=1S/C13H23N3O2/c1-8(2)12(17-4)13-15-11(18-16-13)7-10(14-3)9-5-6-9/h8-10,12,14H,5-7H2,1-4H3. The fourth-order valence-electron chi connectivity index (χ4n) is 2.33. The van der Waals surface area contributed by atoms with E-state index in [-0.39, 0.29) is 6.10 Å². The molecule has 5 heteroatoms. The number of nitrogens with one attached hydrogen (secondary N) is 1. The van der Waals surface area contributed by atoms with Gasteiger partial charge in [-0.1, -0.05) is 19.0 Å². The fourth-order valence-corrected chi connectivity index (χ4v) is 2.33. The topological polar surface area (TPSA) is 60.2 Å². The van der Waals surface area contributed by atoms with Crippen LogP contribution in [0.15, 0.2) is 4.52 Å². The zero-order valence-corrected chi connectivity index (χ0v) is 11.6. The highest BCUT2D eigenvalue weighted by Gasteiger charge is 2.32. The van der Waals surface area contributed by atoms with Gasteiger partial charge in [0.2, 0.25) is 11.7 Å². The number of ether oxygens (including phenoxy) is 1. The first-order valence-electron chi connectivity index (χ1n) is 6.68. The van der Waals surface area contributed by atoms with Crippen LogP contribution in [0.3, 0.4) is 0 Å². The average molecular weight is 253 g/mol. The molecule has 1 aliphatic carbocycles. The molecule has 1 saturated carbocycles. The first-order chi connectivity index (χ1) is 8.65. The van der Waals surface area contributed by atoms with Gasteiger partial charge in [0.1, 0.15) is 6.10 Å². The molecule has 2 unspecified atom stereocenters. The molecule has 1 N–H and O–H groups in total. The smallest absolute Gasteiger partial charge is 0.228 e. The molecule has 1 aliphatic rings. The summed E-state index contributed by atoms with van der Waals surface area (Å²) < 4.78 is 10.7. The third-order valence-corrected chi connectivity index (χ3v) is 3.55. The summed E-state index contributed by atoms with van der Waals surface area (Å²) in [6, 6.07) is 0.457. The van der Waals surface area contributed by atoms with Crippen LogP contribution >= 0.6 is 0 Å². The molecule has 0 aromatic carbocycles. The van der Waals surface area contributed by atoms with Gasteiger partial charge in [0.05, 0.1) is 0 Å². The van der Waals surface area contributed by atoms with Gasteiger partial charge in [-0.05, 0) is 31.7 Å². The molecule has 1 fully saturated rings. The van der Waals surface area contributed by atoms with Crippen molar-refractivity contribution in [1.29, 1.82) is 0 Å². The molecule has 0 bridgehead atoms. The zero-order valence-electron chi connectivity index (χ0n) is 11.6. The molecule has 0 aliphatic heterocycles. The number of methoxy groups -OCH3 is 1. The van der Waals surface area contributed by atoms with E-state index in [1.54, 1.807) is 7.11 Å². The van der Waals surface area contributed by atoms with Gasteiger partial charge in [-0.25, -0.2) is 0 Å². The second-order valence-corrected chi connectivity index (χ2v) is 5.38. The number of nitrogens with zero attached hydrogens (tertiary/aromatic N) is 2. The number of hydrogen-bond acceptors (Lipinski definition) is 5. The Kier molecular flexibility index (Phi) is 4.35. The van der Waals surface area contributed by atoms with Crippen LogP contribution in [0.5, 0.6) is 0 Å². The summed E-state index contributed by atoms with van der Waals surface area (Å²) in [5.74, 6) is 2.48. The van der Waals surface area contributed by atoms with Crippen LogP contribution in [-0.4, -0.2) is 30.3 Å². The van der Waals surface area contributed by atoms with Crippen LogP contribution in [0.2, 0.25) is 0 Å². The summed E-state index contributed by atoms with van der Waals surface area (Å²) in [4.78, 5) is 4.46. The predicted octanol–water partition coefficient (Wildman–Crippen LogP) is 1.95. The first-order valence-corrected chi connectivity index (χ1v) is 6.68. The van der Waals surface area contributed by atoms with Crippen LogP contribution < -0.4 is 5.32 Å². The van der Waals surface area contributed by atoms with E-state index in [9.17, 15) is 0 Å². The molecular formula is C13H23N3O2. The highest BCUT2D eigenvalue weighted by Crippen LogP contribution is 2.34. The molecule has 1 heterocycles. The Morgan fingerprint density at radius 1 is 1.44 bits per heavy atom. The predicted molar refractivity (Wildman–Crippen MR) is 68.2 cm³/mol. The zero-order chi connectivity index (χ0) is 13.1. The van der Waals surface area contributed by atoms with E-state index in [2.05, 4.69) is 29.3 Å². The van der Waals surface area contributed by atoms with E-state index in [4.69, 9.17) is 9.26 Å². The van der Waals surface area contributed by atoms with Gasteiger partial charge in [0.25, 0.3) is 0 Å². The van der Waals surface area contributed by atoms with Crippen molar-refractivity contribution in [1.82, 2.24) is 15.5 Å². The largest absolute Gasteiger partial charge is 0.373 e. The van der Waals surface area contributed by atoms with E-state index in [1.807, 2.05) is 7.05 Å². The van der Waals surface area contributed by atoms with Crippen molar-refractivity contribution in [2.24, 2.45) is 11.8 Å². The van der Waals surface area contributed by atoms with Crippen molar-refractivity contribution in [2.75, 3.05) is 14.2 Å². The quantitative estimate of drug-likeness (QED) is 0.805. The molecule has 2 atom stereocenters. The lowest BCUT2D eigenvalue weighted by atomic mass is 10.1. The molecule has 1 aromatic rings. The SMILES string of the molecule is CNC(Cc1nc(C(OC)C(C)C)no1)C1CC1. The minimum absolute atomic E-state index is 0.0866. The number of aromatic nitrogens is 2. The van der Waals surface area contributed by atoms with E-state index < -0.39 is 0 Å². The summed E-state index contributed by atoms with van der Waals surface area (Å²) in [7, 11) is 3.67. The third-order valence-electron chi connectivity index (χ3n) is 3.55. The van der Waals surface area contributed by atoms with E-state index in [1.165, 1.54) is 12.8 Å². The van der Waals surface area contributed by atoms with E-state index in [0.29, 0.717) is 23.7 Å². The maximum Gasteiger partial charge on any atom is 0.228 e. The Morgan fingerprint density at radius 3 is 2.67 bits per heavy atom. The van der Waals surface area contributed by atoms with Crippen LogP contribution in [0.1, 0.15) is 44.5 Å². The Labute approximate surface area is 108 Å². The summed E-state index contributed by atoms with van der Waals surface area (Å²) >= 11 is 0. The van der Waals surface area contributed by atoms with Gasteiger partial charge < -0.3 is 14.6 Å². The van der Waals surface area contributed by atoms with E-state index >= 15 is 0 Å². The van der Waals surface area contributed by atoms with Gasteiger partial charge in [-0.15, -0.1) is 0 Å². The highest BCUT2D eigenvalue weighted by atomic mass is 16.5. The summed E-state index contributed by atoms with van der Waals surface area (Å²) in [5, 5.41) is 7.37. The van der Waals surface area contributed by atoms with Crippen molar-refractivity contribution >= 4 is 0 Å². The number of rotatable bonds is 7. The minimum atomic E-state index is -0.0866. The molecule has 1 aromatic heterocycles. The number of hydrogen-bond donors (Lipinski definition) is 1. The molecule has 0 radical (unpaired) electrons. The molecule has 2 rings (SSSR count). The first kappa shape index (κ1) is 13.5. The summed E-state index contributed by atoms with van der Waals surface area (Å²) in [5.41, 5.74) is 0. The number of likely N-dealkylation sites (N-methyl/N-ethyl adjacent to an activating group) is 1. The lowest BCUT2D eigenvalue weighted by molar-refractivity contribution is 0.0555. The average Bonchev–Trinajstić information content (AvgIpc) is 3.08. The van der Waals surface area contributed by atoms with E-state index in [0.717, 1.165) is 12.3 Å². The Morgan fingerprint density at radius 2 is 2.17 bits per heavy atom. The van der Waals surface area contributed by atoms with Crippen molar-refractivity contribution in [3.63, 3.8) is 0 Å². The molecule has 0 saturated heterocycles. The van der Waals surface area contributed by atoms with Crippen LogP contribution in [0.25, 0.3) is 0 Å². The summed E-state index contributed by atoms with van der Waals surface area (Å²) in [6.45, 7) is 4.18. The normalized spacial score (nSPS) is 19.2. The Balaban J connectivity index is 2.00. The lowest BCUT2D eigenvalue weighted by Gasteiger charge is -2.14. The Hall–Kier alpha value is -0.940. The fraction of sp³-hybridized carbons (Fsp3) is 0.846. The van der Waals surface area contributed by atoms with Gasteiger partial charge in [-0.2, -0.15) is 4.98 Å². The third kappa shape index (κ3) is 3.09. The monoisotopic (exact) mass is 253 g/mol. The van der Waals surface area contributed by atoms with Crippen molar-refractivity contribution in [3.8, 4) is 0 Å². The lowest BCUT2D eigenvalue weighted by Crippen LogP contribution is -2.29. The van der Waals surface area contributed by atoms with Crippen LogP contribution in [0, 0.1) is 11.8 Å². The van der Waals surface area contributed by atoms with Crippen molar-refractivity contribution in [3.05, 3.63) is 11.7 Å². The molecule has 5 nitrogen and oxygen atoms in total. The van der Waals surface area contributed by atoms with Gasteiger partial charge in [0, 0.05) is 19.6 Å². The minimum Gasteiger partial charge on any atom is -0.373 e. The molecular weight excluding hydrogens is 230 g/mol. The van der Waals surface area contributed by atoms with Gasteiger partial charge in [-0.3, -0.25) is 0 Å². The van der Waals surface area contributed by atoms with Crippen molar-refractivity contribution in [2.45, 2.75) is 45.3 Å². The second kappa shape index (κ2) is 5.80. The Bertz CT molecular complexity index is 374. The highest BCUT2D eigenvalue weighted by molar-refractivity contribution is 4.97. The molecule has 0 spiro atoms. The maximum atomic E-state index is 5.40.